The number of hydrogen-bond donors (Lipinski definition) is 2. The summed E-state index contributed by atoms with van der Waals surface area (Å²) in [6.45, 7) is 4.10. The van der Waals surface area contributed by atoms with Crippen molar-refractivity contribution >= 4 is 22.7 Å². The maximum absolute atomic E-state index is 6.05. The Morgan fingerprint density at radius 2 is 1.85 bits per heavy atom. The predicted octanol–water partition coefficient (Wildman–Crippen LogP) is 3.28. The molecule has 0 atom stereocenters. The molecule has 0 spiro atoms. The van der Waals surface area contributed by atoms with Crippen molar-refractivity contribution < 1.29 is 9.47 Å². The van der Waals surface area contributed by atoms with Gasteiger partial charge < -0.3 is 20.5 Å². The van der Waals surface area contributed by atoms with E-state index in [-0.39, 0.29) is 0 Å². The summed E-state index contributed by atoms with van der Waals surface area (Å²) in [6.07, 6.45) is 1.08. The number of hydrogen-bond acceptors (Lipinski definition) is 5. The molecule has 0 aliphatic carbocycles. The molecule has 0 unspecified atom stereocenters. The number of nitrogens with one attached hydrogen (secondary N) is 1. The van der Waals surface area contributed by atoms with E-state index in [0.717, 1.165) is 30.2 Å². The molecule has 3 N–H and O–H groups in total. The first-order valence-electron chi connectivity index (χ1n) is 6.77. The van der Waals surface area contributed by atoms with Gasteiger partial charge in [-0.3, -0.25) is 0 Å². The van der Waals surface area contributed by atoms with Crippen LogP contribution in [0.4, 0.5) is 11.4 Å². The van der Waals surface area contributed by atoms with E-state index >= 15 is 0 Å². The summed E-state index contributed by atoms with van der Waals surface area (Å²) in [7, 11) is 0. The molecule has 0 radical (unpaired) electrons. The van der Waals surface area contributed by atoms with Gasteiger partial charge in [-0.2, -0.15) is 0 Å². The standard InChI is InChI=1S/C15H18N2O2S/c1-2-10-3-4-11(20-10)9-17-13-8-15-14(7-12(13)16)18-5-6-19-15/h3-4,7-8,17H,2,5-6,9,16H2,1H3. The normalized spacial score (nSPS) is 13.2. The lowest BCUT2D eigenvalue weighted by atomic mass is 10.2. The number of anilines is 2. The molecule has 4 nitrogen and oxygen atoms in total. The van der Waals surface area contributed by atoms with Gasteiger partial charge in [0, 0.05) is 28.4 Å². The minimum Gasteiger partial charge on any atom is -0.486 e. The van der Waals surface area contributed by atoms with Crippen LogP contribution in [0.1, 0.15) is 16.7 Å². The Morgan fingerprint density at radius 3 is 2.55 bits per heavy atom. The fourth-order valence-electron chi connectivity index (χ4n) is 2.15. The van der Waals surface area contributed by atoms with Crippen molar-refractivity contribution in [2.24, 2.45) is 0 Å². The molecule has 0 bridgehead atoms. The van der Waals surface area contributed by atoms with Crippen LogP contribution in [0.5, 0.6) is 11.5 Å². The minimum absolute atomic E-state index is 0.578. The van der Waals surface area contributed by atoms with E-state index in [2.05, 4.69) is 24.4 Å². The minimum atomic E-state index is 0.578. The van der Waals surface area contributed by atoms with Crippen LogP contribution in [0.25, 0.3) is 0 Å². The largest absolute Gasteiger partial charge is 0.486 e. The number of aryl methyl sites for hydroxylation is 1. The molecule has 1 aromatic heterocycles. The van der Waals surface area contributed by atoms with Gasteiger partial charge in [-0.15, -0.1) is 11.3 Å². The molecular formula is C15H18N2O2S. The van der Waals surface area contributed by atoms with Crippen molar-refractivity contribution in [1.29, 1.82) is 0 Å². The highest BCUT2D eigenvalue weighted by Crippen LogP contribution is 2.37. The van der Waals surface area contributed by atoms with Crippen molar-refractivity contribution in [2.75, 3.05) is 24.3 Å². The summed E-state index contributed by atoms with van der Waals surface area (Å²) in [5.41, 5.74) is 7.62. The highest BCUT2D eigenvalue weighted by Gasteiger charge is 2.14. The molecule has 0 saturated heterocycles. The molecule has 1 aliphatic heterocycles. The quantitative estimate of drug-likeness (QED) is 0.849. The zero-order chi connectivity index (χ0) is 13.9. The first-order valence-corrected chi connectivity index (χ1v) is 7.58. The van der Waals surface area contributed by atoms with E-state index in [1.165, 1.54) is 9.75 Å². The van der Waals surface area contributed by atoms with Gasteiger partial charge in [0.25, 0.3) is 0 Å². The van der Waals surface area contributed by atoms with Crippen LogP contribution in [-0.2, 0) is 13.0 Å². The monoisotopic (exact) mass is 290 g/mol. The van der Waals surface area contributed by atoms with Gasteiger partial charge in [-0.1, -0.05) is 6.92 Å². The molecule has 1 aliphatic rings. The number of thiophene rings is 1. The highest BCUT2D eigenvalue weighted by molar-refractivity contribution is 7.12. The smallest absolute Gasteiger partial charge is 0.163 e. The van der Waals surface area contributed by atoms with Gasteiger partial charge in [0.05, 0.1) is 11.4 Å². The maximum Gasteiger partial charge on any atom is 0.163 e. The zero-order valence-corrected chi connectivity index (χ0v) is 12.3. The lowest BCUT2D eigenvalue weighted by Crippen LogP contribution is -2.16. The average Bonchev–Trinajstić information content (AvgIpc) is 2.93. The summed E-state index contributed by atoms with van der Waals surface area (Å²) in [4.78, 5) is 2.70. The molecule has 0 fully saturated rings. The van der Waals surface area contributed by atoms with E-state index in [0.29, 0.717) is 18.9 Å². The van der Waals surface area contributed by atoms with Crippen LogP contribution in [0, 0.1) is 0 Å². The van der Waals surface area contributed by atoms with E-state index in [4.69, 9.17) is 15.2 Å². The van der Waals surface area contributed by atoms with E-state index < -0.39 is 0 Å². The molecule has 20 heavy (non-hydrogen) atoms. The molecule has 0 saturated carbocycles. The summed E-state index contributed by atoms with van der Waals surface area (Å²) < 4.78 is 11.1. The van der Waals surface area contributed by atoms with Crippen molar-refractivity contribution in [3.05, 3.63) is 34.0 Å². The van der Waals surface area contributed by atoms with Crippen LogP contribution in [0.15, 0.2) is 24.3 Å². The number of fused-ring (bicyclic) bond motifs is 1. The summed E-state index contributed by atoms with van der Waals surface area (Å²) in [5.74, 6) is 1.48. The Labute approximate surface area is 122 Å². The predicted molar refractivity (Wildman–Crippen MR) is 82.9 cm³/mol. The Kier molecular flexibility index (Phi) is 3.69. The van der Waals surface area contributed by atoms with Crippen LogP contribution in [0.2, 0.25) is 0 Å². The van der Waals surface area contributed by atoms with E-state index in [1.807, 2.05) is 23.5 Å². The summed E-state index contributed by atoms with van der Waals surface area (Å²) >= 11 is 1.83. The van der Waals surface area contributed by atoms with Gasteiger partial charge >= 0.3 is 0 Å². The first-order chi connectivity index (χ1) is 9.76. The molecule has 0 amide bonds. The van der Waals surface area contributed by atoms with Gasteiger partial charge in [0.15, 0.2) is 11.5 Å². The first kappa shape index (κ1) is 13.1. The van der Waals surface area contributed by atoms with Crippen LogP contribution in [0.3, 0.4) is 0 Å². The van der Waals surface area contributed by atoms with E-state index in [1.54, 1.807) is 0 Å². The molecule has 5 heteroatoms. The van der Waals surface area contributed by atoms with Crippen molar-refractivity contribution in [1.82, 2.24) is 0 Å². The van der Waals surface area contributed by atoms with Crippen LogP contribution < -0.4 is 20.5 Å². The fraction of sp³-hybridized carbons (Fsp3) is 0.333. The summed E-state index contributed by atoms with van der Waals surface area (Å²) in [6, 6.07) is 8.07. The lowest BCUT2D eigenvalue weighted by molar-refractivity contribution is 0.172. The molecule has 1 aromatic carbocycles. The third kappa shape index (κ3) is 2.67. The number of ether oxygens (including phenoxy) is 2. The second-order valence-electron chi connectivity index (χ2n) is 4.66. The Morgan fingerprint density at radius 1 is 1.15 bits per heavy atom. The zero-order valence-electron chi connectivity index (χ0n) is 11.4. The number of rotatable bonds is 4. The van der Waals surface area contributed by atoms with Gasteiger partial charge in [0.2, 0.25) is 0 Å². The van der Waals surface area contributed by atoms with Crippen LogP contribution >= 0.6 is 11.3 Å². The number of benzene rings is 1. The Bertz CT molecular complexity index is 610. The Balaban J connectivity index is 1.73. The lowest BCUT2D eigenvalue weighted by Gasteiger charge is -2.20. The second-order valence-corrected chi connectivity index (χ2v) is 5.91. The number of nitrogens with two attached hydrogens (primary N) is 1. The molecule has 2 aromatic rings. The fourth-order valence-corrected chi connectivity index (χ4v) is 3.04. The van der Waals surface area contributed by atoms with Crippen LogP contribution in [-0.4, -0.2) is 13.2 Å². The van der Waals surface area contributed by atoms with Crippen molar-refractivity contribution in [3.8, 4) is 11.5 Å². The second kappa shape index (κ2) is 5.63. The van der Waals surface area contributed by atoms with Crippen molar-refractivity contribution in [2.45, 2.75) is 19.9 Å². The molecule has 2 heterocycles. The van der Waals surface area contributed by atoms with Crippen molar-refractivity contribution in [3.63, 3.8) is 0 Å². The molecule has 106 valence electrons. The molecular weight excluding hydrogens is 272 g/mol. The third-order valence-corrected chi connectivity index (χ3v) is 4.46. The molecule has 3 rings (SSSR count). The van der Waals surface area contributed by atoms with Gasteiger partial charge in [0.1, 0.15) is 13.2 Å². The highest BCUT2D eigenvalue weighted by atomic mass is 32.1. The average molecular weight is 290 g/mol. The van der Waals surface area contributed by atoms with Gasteiger partial charge in [-0.25, -0.2) is 0 Å². The van der Waals surface area contributed by atoms with E-state index in [9.17, 15) is 0 Å². The third-order valence-electron chi connectivity index (χ3n) is 3.23. The topological polar surface area (TPSA) is 56.5 Å². The van der Waals surface area contributed by atoms with Gasteiger partial charge in [-0.05, 0) is 18.6 Å². The summed E-state index contributed by atoms with van der Waals surface area (Å²) in [5, 5.41) is 3.37. The SMILES string of the molecule is CCc1ccc(CNc2cc3c(cc2N)OCCO3)s1. The maximum atomic E-state index is 6.05. The number of nitrogen functional groups attached to an aromatic ring is 1. The Hall–Kier alpha value is -1.88.